The standard InChI is InChI=1S/C46H56O14S/c1-46(2)56-29-41(59-46)43-44(60-61(47,48)49)40(57-45(58-43)33-9-7-6-8-10-33)24-34-23-39(54-26-31-13-19-36(51-4)20-14-31)42(55-27-32-15-21-37(52-5)22-16-32)38(34)28-53-25-30-11-17-35(50-3)18-12-30/h6-22,34,38-45H,23-29H2,1-5H3,(H,47,48,49)/p-1/t34-,38-,39+,40-,41+,42+,43+,44+,45?/m0/s1. The van der Waals surface area contributed by atoms with Gasteiger partial charge in [-0.05, 0) is 85.7 Å². The third-order valence-electron chi connectivity index (χ3n) is 11.4. The lowest BCUT2D eigenvalue weighted by molar-refractivity contribution is -0.306. The molecule has 0 radical (unpaired) electrons. The molecule has 3 fully saturated rings. The first-order chi connectivity index (χ1) is 29.4. The minimum atomic E-state index is -5.24. The lowest BCUT2D eigenvalue weighted by Crippen LogP contribution is -2.55. The van der Waals surface area contributed by atoms with E-state index in [0.29, 0.717) is 25.2 Å². The lowest BCUT2D eigenvalue weighted by Gasteiger charge is -2.44. The normalized spacial score (nSPS) is 27.5. The van der Waals surface area contributed by atoms with Crippen LogP contribution < -0.4 is 14.2 Å². The van der Waals surface area contributed by atoms with Crippen LogP contribution in [0.1, 0.15) is 55.2 Å². The molecule has 7 rings (SSSR count). The molecule has 3 aliphatic rings. The van der Waals surface area contributed by atoms with Gasteiger partial charge in [-0.3, -0.25) is 4.18 Å². The Morgan fingerprint density at radius 2 is 1.26 bits per heavy atom. The van der Waals surface area contributed by atoms with E-state index in [1.54, 1.807) is 35.2 Å². The van der Waals surface area contributed by atoms with Crippen molar-refractivity contribution in [1.82, 2.24) is 0 Å². The van der Waals surface area contributed by atoms with Crippen LogP contribution in [-0.4, -0.2) is 89.9 Å². The minimum absolute atomic E-state index is 0.0818. The molecule has 0 bridgehead atoms. The summed E-state index contributed by atoms with van der Waals surface area (Å²) in [5, 5.41) is 0. The van der Waals surface area contributed by atoms with Gasteiger partial charge in [0.2, 0.25) is 10.4 Å². The largest absolute Gasteiger partial charge is 0.726 e. The highest BCUT2D eigenvalue weighted by atomic mass is 32.3. The van der Waals surface area contributed by atoms with Crippen LogP contribution in [0.3, 0.4) is 0 Å². The van der Waals surface area contributed by atoms with Gasteiger partial charge in [-0.15, -0.1) is 0 Å². The van der Waals surface area contributed by atoms with Crippen LogP contribution >= 0.6 is 0 Å². The molecule has 2 heterocycles. The first-order valence-electron chi connectivity index (χ1n) is 20.4. The molecule has 0 aromatic heterocycles. The first-order valence-corrected chi connectivity index (χ1v) is 21.7. The van der Waals surface area contributed by atoms with Gasteiger partial charge in [0.25, 0.3) is 0 Å². The Hall–Kier alpha value is -4.13. The van der Waals surface area contributed by atoms with Crippen LogP contribution in [0.5, 0.6) is 17.2 Å². The Morgan fingerprint density at radius 3 is 1.79 bits per heavy atom. The zero-order valence-corrected chi connectivity index (χ0v) is 35.9. The van der Waals surface area contributed by atoms with Crippen molar-refractivity contribution < 1.29 is 64.5 Å². The number of rotatable bonds is 19. The molecule has 0 N–H and O–H groups in total. The van der Waals surface area contributed by atoms with Crippen LogP contribution in [0.15, 0.2) is 103 Å². The van der Waals surface area contributed by atoms with E-state index in [4.69, 9.17) is 51.6 Å². The van der Waals surface area contributed by atoms with Gasteiger partial charge in [0.1, 0.15) is 35.6 Å². The van der Waals surface area contributed by atoms with Gasteiger partial charge < -0.3 is 51.9 Å². The maximum Gasteiger partial charge on any atom is 0.218 e. The molecule has 61 heavy (non-hydrogen) atoms. The molecule has 1 unspecified atom stereocenters. The highest BCUT2D eigenvalue weighted by Gasteiger charge is 2.53. The van der Waals surface area contributed by atoms with Crippen molar-refractivity contribution in [2.24, 2.45) is 11.8 Å². The minimum Gasteiger partial charge on any atom is -0.726 e. The number of hydrogen-bond acceptors (Lipinski definition) is 14. The van der Waals surface area contributed by atoms with Gasteiger partial charge >= 0.3 is 0 Å². The number of hydrogen-bond donors (Lipinski definition) is 0. The van der Waals surface area contributed by atoms with Gasteiger partial charge in [0.15, 0.2) is 12.1 Å². The maximum atomic E-state index is 12.5. The average Bonchev–Trinajstić information content (AvgIpc) is 3.80. The summed E-state index contributed by atoms with van der Waals surface area (Å²) in [6.07, 6.45) is -5.26. The van der Waals surface area contributed by atoms with Crippen molar-refractivity contribution in [2.45, 2.75) is 95.2 Å². The zero-order chi connectivity index (χ0) is 43.0. The van der Waals surface area contributed by atoms with E-state index in [9.17, 15) is 13.0 Å². The molecular weight excluding hydrogens is 809 g/mol. The summed E-state index contributed by atoms with van der Waals surface area (Å²) in [7, 11) is -0.384. The van der Waals surface area contributed by atoms with E-state index in [1.807, 2.05) is 103 Å². The number of benzene rings is 4. The molecule has 330 valence electrons. The van der Waals surface area contributed by atoms with E-state index < -0.39 is 59.1 Å². The van der Waals surface area contributed by atoms with Crippen LogP contribution in [0.2, 0.25) is 0 Å². The SMILES string of the molecule is COc1ccc(COC[C@H]2[C@H](C[C@@H]3OC(c4ccccc4)O[C@H]([C@H]4COC(C)(C)O4)[C@@H]3OS(=O)(=O)[O-])C[C@@H](OCc3ccc(OC)cc3)[C@@H]2OCc2ccc(OC)cc2)cc1. The molecule has 0 amide bonds. The Labute approximate surface area is 358 Å². The highest BCUT2D eigenvalue weighted by Crippen LogP contribution is 2.45. The third kappa shape index (κ3) is 12.1. The smallest absolute Gasteiger partial charge is 0.218 e. The van der Waals surface area contributed by atoms with Gasteiger partial charge in [-0.1, -0.05) is 66.7 Å². The highest BCUT2D eigenvalue weighted by molar-refractivity contribution is 7.80. The zero-order valence-electron chi connectivity index (χ0n) is 35.1. The van der Waals surface area contributed by atoms with Crippen LogP contribution in [0.25, 0.3) is 0 Å². The maximum absolute atomic E-state index is 12.5. The Morgan fingerprint density at radius 1 is 0.705 bits per heavy atom. The second kappa shape index (κ2) is 20.4. The fraction of sp³-hybridized carbons (Fsp3) is 0.478. The van der Waals surface area contributed by atoms with Crippen molar-refractivity contribution >= 4 is 10.4 Å². The van der Waals surface area contributed by atoms with E-state index in [-0.39, 0.29) is 38.1 Å². The van der Waals surface area contributed by atoms with Gasteiger partial charge in [0, 0.05) is 11.5 Å². The third-order valence-corrected chi connectivity index (χ3v) is 11.9. The van der Waals surface area contributed by atoms with Gasteiger partial charge in [0.05, 0.1) is 72.7 Å². The van der Waals surface area contributed by atoms with Gasteiger partial charge in [-0.2, -0.15) is 0 Å². The Bertz CT molecular complexity index is 2060. The van der Waals surface area contributed by atoms with E-state index in [1.165, 1.54) is 0 Å². The summed E-state index contributed by atoms with van der Waals surface area (Å²) in [6, 6.07) is 32.3. The Kier molecular flexibility index (Phi) is 15.0. The molecule has 2 saturated heterocycles. The van der Waals surface area contributed by atoms with E-state index in [0.717, 1.165) is 33.9 Å². The van der Waals surface area contributed by atoms with Crippen molar-refractivity contribution in [3.05, 3.63) is 125 Å². The average molecular weight is 864 g/mol. The quantitative estimate of drug-likeness (QED) is 0.0708. The molecule has 0 spiro atoms. The van der Waals surface area contributed by atoms with Crippen LogP contribution in [-0.2, 0) is 67.6 Å². The lowest BCUT2D eigenvalue weighted by atomic mass is 9.86. The summed E-state index contributed by atoms with van der Waals surface area (Å²) in [6.45, 7) is 4.75. The molecule has 1 aliphatic carbocycles. The fourth-order valence-electron chi connectivity index (χ4n) is 8.31. The Balaban J connectivity index is 1.21. The number of ether oxygens (including phenoxy) is 10. The summed E-state index contributed by atoms with van der Waals surface area (Å²) in [5.41, 5.74) is 3.54. The first kappa shape index (κ1) is 44.9. The van der Waals surface area contributed by atoms with Crippen molar-refractivity contribution in [1.29, 1.82) is 0 Å². The monoisotopic (exact) mass is 863 g/mol. The van der Waals surface area contributed by atoms with Crippen molar-refractivity contribution in [3.8, 4) is 17.2 Å². The molecule has 1 saturated carbocycles. The molecule has 2 aliphatic heterocycles. The molecule has 4 aromatic rings. The molecule has 4 aromatic carbocycles. The summed E-state index contributed by atoms with van der Waals surface area (Å²) in [4.78, 5) is 0. The van der Waals surface area contributed by atoms with E-state index >= 15 is 0 Å². The second-order valence-corrected chi connectivity index (χ2v) is 16.9. The molecule has 15 heteroatoms. The predicted molar refractivity (Wildman–Crippen MR) is 220 cm³/mol. The predicted octanol–water partition coefficient (Wildman–Crippen LogP) is 6.91. The molecular formula is C46H55O14S-. The number of methoxy groups -OCH3 is 3. The summed E-state index contributed by atoms with van der Waals surface area (Å²) in [5.74, 6) is 0.696. The van der Waals surface area contributed by atoms with Crippen LogP contribution in [0, 0.1) is 11.8 Å². The summed E-state index contributed by atoms with van der Waals surface area (Å²) >= 11 is 0. The fourth-order valence-corrected chi connectivity index (χ4v) is 8.81. The molecule has 14 nitrogen and oxygen atoms in total. The van der Waals surface area contributed by atoms with Crippen molar-refractivity contribution in [3.63, 3.8) is 0 Å². The topological polar surface area (TPSA) is 159 Å². The molecule has 9 atom stereocenters. The van der Waals surface area contributed by atoms with Crippen molar-refractivity contribution in [2.75, 3.05) is 34.5 Å². The van der Waals surface area contributed by atoms with Crippen LogP contribution in [0.4, 0.5) is 0 Å². The van der Waals surface area contributed by atoms with Gasteiger partial charge in [-0.25, -0.2) is 8.42 Å². The van der Waals surface area contributed by atoms with E-state index in [2.05, 4.69) is 0 Å². The second-order valence-electron chi connectivity index (χ2n) is 15.9. The summed E-state index contributed by atoms with van der Waals surface area (Å²) < 4.78 is 104.